The number of aryl methyl sites for hydroxylation is 2. The highest BCUT2D eigenvalue weighted by atomic mass is 16.5. The summed E-state index contributed by atoms with van der Waals surface area (Å²) in [7, 11) is 0. The van der Waals surface area contributed by atoms with Crippen LogP contribution >= 0.6 is 0 Å². The SMILES string of the molecule is Cc1cc(C)n2nc(C(=O)OCC(=O)NC[C@H](C)c3ccccc3)nc2n1. The van der Waals surface area contributed by atoms with E-state index in [0.29, 0.717) is 12.3 Å². The fourth-order valence-corrected chi connectivity index (χ4v) is 2.67. The maximum atomic E-state index is 12.1. The van der Waals surface area contributed by atoms with Crippen molar-refractivity contribution in [3.63, 3.8) is 0 Å². The van der Waals surface area contributed by atoms with Crippen molar-refractivity contribution in [2.24, 2.45) is 0 Å². The number of nitrogens with zero attached hydrogens (tertiary/aromatic N) is 4. The van der Waals surface area contributed by atoms with Crippen LogP contribution in [0, 0.1) is 13.8 Å². The van der Waals surface area contributed by atoms with Crippen molar-refractivity contribution in [3.05, 3.63) is 59.2 Å². The highest BCUT2D eigenvalue weighted by molar-refractivity contribution is 5.88. The normalized spacial score (nSPS) is 12.0. The maximum Gasteiger partial charge on any atom is 0.378 e. The van der Waals surface area contributed by atoms with Gasteiger partial charge in [-0.25, -0.2) is 14.3 Å². The summed E-state index contributed by atoms with van der Waals surface area (Å²) < 4.78 is 6.47. The molecule has 1 N–H and O–H groups in total. The lowest BCUT2D eigenvalue weighted by Gasteiger charge is -2.12. The van der Waals surface area contributed by atoms with Crippen LogP contribution in [0.4, 0.5) is 0 Å². The smallest absolute Gasteiger partial charge is 0.378 e. The van der Waals surface area contributed by atoms with Gasteiger partial charge in [0.1, 0.15) is 0 Å². The highest BCUT2D eigenvalue weighted by Gasteiger charge is 2.18. The van der Waals surface area contributed by atoms with Gasteiger partial charge in [-0.1, -0.05) is 37.3 Å². The van der Waals surface area contributed by atoms with E-state index >= 15 is 0 Å². The Morgan fingerprint density at radius 2 is 1.93 bits per heavy atom. The van der Waals surface area contributed by atoms with Gasteiger partial charge in [0, 0.05) is 17.9 Å². The van der Waals surface area contributed by atoms with E-state index in [1.165, 1.54) is 4.52 Å². The van der Waals surface area contributed by atoms with Crippen LogP contribution in [0.5, 0.6) is 0 Å². The summed E-state index contributed by atoms with van der Waals surface area (Å²) in [5.41, 5.74) is 2.71. The van der Waals surface area contributed by atoms with Crippen LogP contribution in [-0.2, 0) is 9.53 Å². The Kier molecular flexibility index (Phi) is 5.44. The molecule has 1 atom stereocenters. The first-order chi connectivity index (χ1) is 12.9. The van der Waals surface area contributed by atoms with Crippen LogP contribution < -0.4 is 5.32 Å². The fraction of sp³-hybridized carbons (Fsp3) is 0.316. The monoisotopic (exact) mass is 367 g/mol. The average Bonchev–Trinajstić information content (AvgIpc) is 3.09. The van der Waals surface area contributed by atoms with E-state index in [2.05, 4.69) is 20.4 Å². The molecule has 1 amide bonds. The lowest BCUT2D eigenvalue weighted by atomic mass is 10.0. The van der Waals surface area contributed by atoms with Crippen LogP contribution in [0.2, 0.25) is 0 Å². The molecule has 0 unspecified atom stereocenters. The number of hydrogen-bond donors (Lipinski definition) is 1. The van der Waals surface area contributed by atoms with Gasteiger partial charge in [-0.15, -0.1) is 5.10 Å². The maximum absolute atomic E-state index is 12.1. The van der Waals surface area contributed by atoms with Gasteiger partial charge in [0.2, 0.25) is 0 Å². The van der Waals surface area contributed by atoms with E-state index in [1.807, 2.05) is 57.2 Å². The molecule has 8 heteroatoms. The van der Waals surface area contributed by atoms with E-state index in [4.69, 9.17) is 4.74 Å². The van der Waals surface area contributed by atoms with Crippen molar-refractivity contribution in [1.29, 1.82) is 0 Å². The first kappa shape index (κ1) is 18.5. The number of ether oxygens (including phenoxy) is 1. The average molecular weight is 367 g/mol. The molecule has 2 heterocycles. The molecule has 0 radical (unpaired) electrons. The number of amides is 1. The van der Waals surface area contributed by atoms with E-state index in [1.54, 1.807) is 0 Å². The van der Waals surface area contributed by atoms with Gasteiger partial charge in [0.25, 0.3) is 17.5 Å². The number of carbonyl (C=O) groups is 2. The number of benzene rings is 1. The van der Waals surface area contributed by atoms with Crippen molar-refractivity contribution < 1.29 is 14.3 Å². The molecular weight excluding hydrogens is 346 g/mol. The summed E-state index contributed by atoms with van der Waals surface area (Å²) in [5, 5.41) is 6.84. The van der Waals surface area contributed by atoms with E-state index < -0.39 is 5.97 Å². The van der Waals surface area contributed by atoms with Crippen molar-refractivity contribution in [3.8, 4) is 0 Å². The molecule has 3 aromatic rings. The van der Waals surface area contributed by atoms with Crippen molar-refractivity contribution >= 4 is 17.7 Å². The third-order valence-corrected chi connectivity index (χ3v) is 4.11. The number of rotatable bonds is 6. The van der Waals surface area contributed by atoms with Gasteiger partial charge in [-0.05, 0) is 31.4 Å². The Balaban J connectivity index is 1.53. The molecule has 0 saturated carbocycles. The van der Waals surface area contributed by atoms with Gasteiger partial charge in [0.05, 0.1) is 0 Å². The van der Waals surface area contributed by atoms with E-state index in [9.17, 15) is 9.59 Å². The first-order valence-electron chi connectivity index (χ1n) is 8.64. The fourth-order valence-electron chi connectivity index (χ4n) is 2.67. The molecule has 1 aromatic carbocycles. The summed E-state index contributed by atoms with van der Waals surface area (Å²) >= 11 is 0. The van der Waals surface area contributed by atoms with Crippen molar-refractivity contribution in [2.75, 3.05) is 13.2 Å². The molecule has 0 fully saturated rings. The Morgan fingerprint density at radius 3 is 2.67 bits per heavy atom. The predicted molar refractivity (Wildman–Crippen MR) is 98.4 cm³/mol. The number of esters is 1. The number of hydrogen-bond acceptors (Lipinski definition) is 6. The summed E-state index contributed by atoms with van der Waals surface area (Å²) in [6, 6.07) is 11.7. The molecule has 140 valence electrons. The standard InChI is InChI=1S/C19H21N5O3/c1-12(15-7-5-4-6-8-15)10-20-16(25)11-27-18(26)17-22-19-21-13(2)9-14(3)24(19)23-17/h4-9,12H,10-11H2,1-3H3,(H,20,25)/t12-/m0/s1. The predicted octanol–water partition coefficient (Wildman–Crippen LogP) is 1.82. The Morgan fingerprint density at radius 1 is 1.19 bits per heavy atom. The van der Waals surface area contributed by atoms with Gasteiger partial charge < -0.3 is 10.1 Å². The zero-order chi connectivity index (χ0) is 19.4. The number of aromatic nitrogens is 4. The lowest BCUT2D eigenvalue weighted by molar-refractivity contribution is -0.124. The molecule has 3 rings (SSSR count). The van der Waals surface area contributed by atoms with Gasteiger partial charge in [0.15, 0.2) is 6.61 Å². The Labute approximate surface area is 156 Å². The van der Waals surface area contributed by atoms with Crippen molar-refractivity contribution in [1.82, 2.24) is 24.9 Å². The summed E-state index contributed by atoms with van der Waals surface area (Å²) in [6.07, 6.45) is 0. The minimum atomic E-state index is -0.760. The minimum absolute atomic E-state index is 0.123. The van der Waals surface area contributed by atoms with E-state index in [-0.39, 0.29) is 24.3 Å². The molecular formula is C19H21N5O3. The van der Waals surface area contributed by atoms with E-state index in [0.717, 1.165) is 17.0 Å². The molecule has 0 spiro atoms. The lowest BCUT2D eigenvalue weighted by Crippen LogP contribution is -2.31. The molecule has 0 aliphatic heterocycles. The molecule has 27 heavy (non-hydrogen) atoms. The molecule has 2 aromatic heterocycles. The largest absolute Gasteiger partial charge is 0.450 e. The third-order valence-electron chi connectivity index (χ3n) is 4.11. The molecule has 0 aliphatic carbocycles. The number of nitrogens with one attached hydrogen (secondary N) is 1. The second-order valence-electron chi connectivity index (χ2n) is 6.38. The van der Waals surface area contributed by atoms with Gasteiger partial charge in [-0.2, -0.15) is 4.98 Å². The zero-order valence-electron chi connectivity index (χ0n) is 15.5. The van der Waals surface area contributed by atoms with Crippen LogP contribution in [0.1, 0.15) is 40.4 Å². The molecule has 0 bridgehead atoms. The summed E-state index contributed by atoms with van der Waals surface area (Å²) in [5.74, 6) is -0.783. The molecule has 8 nitrogen and oxygen atoms in total. The Bertz CT molecular complexity index is 968. The minimum Gasteiger partial charge on any atom is -0.450 e. The molecule has 0 saturated heterocycles. The number of carbonyl (C=O) groups excluding carboxylic acids is 2. The van der Waals surface area contributed by atoms with Crippen LogP contribution in [0.15, 0.2) is 36.4 Å². The van der Waals surface area contributed by atoms with Gasteiger partial charge >= 0.3 is 5.97 Å². The molecule has 0 aliphatic rings. The van der Waals surface area contributed by atoms with Gasteiger partial charge in [-0.3, -0.25) is 4.79 Å². The van der Waals surface area contributed by atoms with Crippen LogP contribution in [-0.4, -0.2) is 44.6 Å². The van der Waals surface area contributed by atoms with Crippen LogP contribution in [0.3, 0.4) is 0 Å². The summed E-state index contributed by atoms with van der Waals surface area (Å²) in [4.78, 5) is 32.3. The summed E-state index contributed by atoms with van der Waals surface area (Å²) in [6.45, 7) is 5.75. The third kappa shape index (κ3) is 4.46. The van der Waals surface area contributed by atoms with Crippen molar-refractivity contribution in [2.45, 2.75) is 26.7 Å². The zero-order valence-corrected chi connectivity index (χ0v) is 15.5. The first-order valence-corrected chi connectivity index (χ1v) is 8.64. The topological polar surface area (TPSA) is 98.5 Å². The Hall–Kier alpha value is -3.29. The second-order valence-corrected chi connectivity index (χ2v) is 6.38. The van der Waals surface area contributed by atoms with Crippen LogP contribution in [0.25, 0.3) is 5.78 Å². The quantitative estimate of drug-likeness (QED) is 0.667. The number of fused-ring (bicyclic) bond motifs is 1. The second kappa shape index (κ2) is 7.94. The highest BCUT2D eigenvalue weighted by Crippen LogP contribution is 2.13.